The third-order valence-electron chi connectivity index (χ3n) is 2.56. The molecular weight excluding hydrogens is 198 g/mol. The van der Waals surface area contributed by atoms with Crippen LogP contribution in [0, 0.1) is 11.3 Å². The van der Waals surface area contributed by atoms with Gasteiger partial charge in [-0.2, -0.15) is 5.26 Å². The van der Waals surface area contributed by atoms with Gasteiger partial charge in [-0.25, -0.2) is 0 Å². The molecule has 0 spiro atoms. The Morgan fingerprint density at radius 2 is 2.19 bits per heavy atom. The van der Waals surface area contributed by atoms with Crippen LogP contribution in [0.15, 0.2) is 24.3 Å². The highest BCUT2D eigenvalue weighted by Gasteiger charge is 2.05. The smallest absolute Gasteiger partial charge is 0.176 e. The summed E-state index contributed by atoms with van der Waals surface area (Å²) >= 11 is 0. The fourth-order valence-corrected chi connectivity index (χ4v) is 1.65. The summed E-state index contributed by atoms with van der Waals surface area (Å²) in [5.74, 6) is -0.0835. The van der Waals surface area contributed by atoms with Gasteiger partial charge in [-0.3, -0.25) is 4.79 Å². The van der Waals surface area contributed by atoms with Crippen molar-refractivity contribution in [3.8, 4) is 6.07 Å². The van der Waals surface area contributed by atoms with Crippen LogP contribution >= 0.6 is 0 Å². The van der Waals surface area contributed by atoms with Crippen LogP contribution in [0.2, 0.25) is 0 Å². The van der Waals surface area contributed by atoms with Gasteiger partial charge in [-0.1, -0.05) is 38.0 Å². The predicted molar refractivity (Wildman–Crippen MR) is 64.2 cm³/mol. The highest BCUT2D eigenvalue weighted by atomic mass is 16.1. The first kappa shape index (κ1) is 12.4. The molecule has 0 unspecified atom stereocenters. The highest BCUT2D eigenvalue weighted by molar-refractivity contribution is 5.97. The van der Waals surface area contributed by atoms with E-state index in [0.717, 1.165) is 12.8 Å². The van der Waals surface area contributed by atoms with E-state index >= 15 is 0 Å². The summed E-state index contributed by atoms with van der Waals surface area (Å²) in [5, 5.41) is 8.47. The minimum Gasteiger partial charge on any atom is -0.293 e. The fraction of sp³-hybridized carbons (Fsp3) is 0.429. The zero-order valence-electron chi connectivity index (χ0n) is 9.70. The van der Waals surface area contributed by atoms with Gasteiger partial charge in [0.1, 0.15) is 0 Å². The Bertz CT molecular complexity index is 390. The van der Waals surface area contributed by atoms with Crippen LogP contribution < -0.4 is 0 Å². The maximum absolute atomic E-state index is 11.5. The van der Waals surface area contributed by atoms with Crippen molar-refractivity contribution in [2.75, 3.05) is 0 Å². The molecule has 0 radical (unpaired) electrons. The molecule has 0 bridgehead atoms. The molecule has 0 aliphatic heterocycles. The normalized spacial score (nSPS) is 9.75. The number of Topliss-reactive ketones (excluding diaryl/α,β-unsaturated/α-hetero) is 1. The van der Waals surface area contributed by atoms with Crippen molar-refractivity contribution in [3.05, 3.63) is 35.4 Å². The Balaban J connectivity index is 2.64. The van der Waals surface area contributed by atoms with Gasteiger partial charge in [0, 0.05) is 5.56 Å². The number of ketones is 1. The molecule has 1 aromatic carbocycles. The molecule has 0 aliphatic rings. The van der Waals surface area contributed by atoms with Crippen molar-refractivity contribution in [1.82, 2.24) is 0 Å². The molecule has 2 nitrogen and oxygen atoms in total. The van der Waals surface area contributed by atoms with Crippen LogP contribution in [0.5, 0.6) is 0 Å². The summed E-state index contributed by atoms with van der Waals surface area (Å²) in [6.07, 6.45) is 4.57. The first-order valence-corrected chi connectivity index (χ1v) is 5.77. The van der Waals surface area contributed by atoms with E-state index in [0.29, 0.717) is 5.56 Å². The number of hydrogen-bond acceptors (Lipinski definition) is 2. The van der Waals surface area contributed by atoms with Gasteiger partial charge in [-0.05, 0) is 24.5 Å². The zero-order chi connectivity index (χ0) is 11.8. The molecule has 84 valence electrons. The van der Waals surface area contributed by atoms with Gasteiger partial charge in [0.25, 0.3) is 0 Å². The number of hydrogen-bond donors (Lipinski definition) is 0. The minimum absolute atomic E-state index is 0.0294. The van der Waals surface area contributed by atoms with Crippen molar-refractivity contribution < 1.29 is 4.79 Å². The Kier molecular flexibility index (Phi) is 5.28. The molecular formula is C14H17NO. The SMILES string of the molecule is CCCCCc1cccc(C(=O)CC#N)c1. The van der Waals surface area contributed by atoms with Crippen molar-refractivity contribution in [2.45, 2.75) is 39.0 Å². The molecule has 0 amide bonds. The number of nitriles is 1. The predicted octanol–water partition coefficient (Wildman–Crippen LogP) is 3.52. The summed E-state index contributed by atoms with van der Waals surface area (Å²) < 4.78 is 0. The lowest BCUT2D eigenvalue weighted by Crippen LogP contribution is -1.98. The van der Waals surface area contributed by atoms with Crippen LogP contribution in [0.4, 0.5) is 0 Å². The maximum Gasteiger partial charge on any atom is 0.176 e. The molecule has 1 aromatic rings. The van der Waals surface area contributed by atoms with E-state index in [1.165, 1.54) is 18.4 Å². The zero-order valence-corrected chi connectivity index (χ0v) is 9.70. The maximum atomic E-state index is 11.5. The largest absolute Gasteiger partial charge is 0.293 e. The Labute approximate surface area is 96.9 Å². The lowest BCUT2D eigenvalue weighted by atomic mass is 10.0. The molecule has 16 heavy (non-hydrogen) atoms. The van der Waals surface area contributed by atoms with Gasteiger partial charge in [0.05, 0.1) is 12.5 Å². The van der Waals surface area contributed by atoms with E-state index in [9.17, 15) is 4.79 Å². The lowest BCUT2D eigenvalue weighted by Gasteiger charge is -2.03. The standard InChI is InChI=1S/C14H17NO/c1-2-3-4-6-12-7-5-8-13(11-12)14(16)9-10-15/h5,7-8,11H,2-4,6,9H2,1H3. The second-order valence-electron chi connectivity index (χ2n) is 3.92. The first-order chi connectivity index (χ1) is 7.77. The molecule has 0 saturated heterocycles. The van der Waals surface area contributed by atoms with Crippen molar-refractivity contribution >= 4 is 5.78 Å². The van der Waals surface area contributed by atoms with Gasteiger partial charge < -0.3 is 0 Å². The Morgan fingerprint density at radius 3 is 2.88 bits per heavy atom. The van der Waals surface area contributed by atoms with E-state index in [1.54, 1.807) is 6.07 Å². The van der Waals surface area contributed by atoms with Gasteiger partial charge in [0.15, 0.2) is 5.78 Å². The van der Waals surface area contributed by atoms with Gasteiger partial charge in [-0.15, -0.1) is 0 Å². The topological polar surface area (TPSA) is 40.9 Å². The van der Waals surface area contributed by atoms with Crippen LogP contribution in [0.1, 0.15) is 48.5 Å². The van der Waals surface area contributed by atoms with E-state index < -0.39 is 0 Å². The molecule has 0 atom stereocenters. The number of carbonyl (C=O) groups is 1. The van der Waals surface area contributed by atoms with Crippen LogP contribution in [0.25, 0.3) is 0 Å². The summed E-state index contributed by atoms with van der Waals surface area (Å²) in [6, 6.07) is 9.52. The van der Waals surface area contributed by atoms with Crippen molar-refractivity contribution in [1.29, 1.82) is 5.26 Å². The van der Waals surface area contributed by atoms with Crippen LogP contribution in [-0.4, -0.2) is 5.78 Å². The van der Waals surface area contributed by atoms with Gasteiger partial charge >= 0.3 is 0 Å². The minimum atomic E-state index is -0.0835. The molecule has 0 heterocycles. The van der Waals surface area contributed by atoms with E-state index in [-0.39, 0.29) is 12.2 Å². The Morgan fingerprint density at radius 1 is 1.38 bits per heavy atom. The molecule has 0 fully saturated rings. The second-order valence-corrected chi connectivity index (χ2v) is 3.92. The number of aryl methyl sites for hydroxylation is 1. The van der Waals surface area contributed by atoms with E-state index in [1.807, 2.05) is 24.3 Å². The van der Waals surface area contributed by atoms with Gasteiger partial charge in [0.2, 0.25) is 0 Å². The lowest BCUT2D eigenvalue weighted by molar-refractivity contribution is 0.0997. The average molecular weight is 215 g/mol. The van der Waals surface area contributed by atoms with Crippen molar-refractivity contribution in [2.24, 2.45) is 0 Å². The number of rotatable bonds is 6. The fourth-order valence-electron chi connectivity index (χ4n) is 1.65. The summed E-state index contributed by atoms with van der Waals surface area (Å²) in [6.45, 7) is 2.17. The molecule has 0 saturated carbocycles. The molecule has 0 N–H and O–H groups in total. The third-order valence-corrected chi connectivity index (χ3v) is 2.56. The summed E-state index contributed by atoms with van der Waals surface area (Å²) in [4.78, 5) is 11.5. The number of nitrogens with zero attached hydrogens (tertiary/aromatic N) is 1. The number of unbranched alkanes of at least 4 members (excludes halogenated alkanes) is 2. The monoisotopic (exact) mass is 215 g/mol. The van der Waals surface area contributed by atoms with E-state index in [4.69, 9.17) is 5.26 Å². The summed E-state index contributed by atoms with van der Waals surface area (Å²) in [7, 11) is 0. The highest BCUT2D eigenvalue weighted by Crippen LogP contribution is 2.11. The second kappa shape index (κ2) is 6.79. The van der Waals surface area contributed by atoms with Crippen LogP contribution in [0.3, 0.4) is 0 Å². The number of carbonyl (C=O) groups excluding carboxylic acids is 1. The Hall–Kier alpha value is -1.62. The third kappa shape index (κ3) is 3.86. The first-order valence-electron chi connectivity index (χ1n) is 5.77. The number of benzene rings is 1. The molecule has 2 heteroatoms. The molecule has 0 aliphatic carbocycles. The quantitative estimate of drug-likeness (QED) is 0.538. The molecule has 0 aromatic heterocycles. The van der Waals surface area contributed by atoms with E-state index in [2.05, 4.69) is 6.92 Å². The average Bonchev–Trinajstić information content (AvgIpc) is 2.30. The van der Waals surface area contributed by atoms with Crippen molar-refractivity contribution in [3.63, 3.8) is 0 Å². The summed E-state index contributed by atoms with van der Waals surface area (Å²) in [5.41, 5.74) is 1.85. The van der Waals surface area contributed by atoms with Crippen LogP contribution in [-0.2, 0) is 6.42 Å². The molecule has 1 rings (SSSR count).